The fourth-order valence-electron chi connectivity index (χ4n) is 3.67. The fourth-order valence-corrected chi connectivity index (χ4v) is 3.67. The normalized spacial score (nSPS) is 16.9. The molecule has 1 aliphatic rings. The molecule has 0 spiro atoms. The van der Waals surface area contributed by atoms with Gasteiger partial charge in [-0.3, -0.25) is 4.90 Å². The van der Waals surface area contributed by atoms with Crippen LogP contribution in [0.5, 0.6) is 0 Å². The lowest BCUT2D eigenvalue weighted by molar-refractivity contribution is -0.137. The van der Waals surface area contributed by atoms with E-state index in [2.05, 4.69) is 20.1 Å². The molecule has 0 amide bonds. The highest BCUT2D eigenvalue weighted by Crippen LogP contribution is 2.30. The van der Waals surface area contributed by atoms with Gasteiger partial charge in [0.05, 0.1) is 11.6 Å². The number of alkyl halides is 3. The second-order valence-corrected chi connectivity index (χ2v) is 7.77. The molecule has 1 aliphatic heterocycles. The number of aromatic nitrogens is 3. The third-order valence-corrected chi connectivity index (χ3v) is 5.57. The smallest absolute Gasteiger partial charge is 0.417 e. The summed E-state index contributed by atoms with van der Waals surface area (Å²) in [6.07, 6.45) is -2.63. The zero-order valence-electron chi connectivity index (χ0n) is 17.4. The Morgan fingerprint density at radius 3 is 2.42 bits per heavy atom. The van der Waals surface area contributed by atoms with Crippen LogP contribution in [-0.2, 0) is 6.18 Å². The molecule has 0 aliphatic carbocycles. The summed E-state index contributed by atoms with van der Waals surface area (Å²) in [5, 5.41) is 8.43. The first kappa shape index (κ1) is 21.3. The highest BCUT2D eigenvalue weighted by atomic mass is 19.4. The van der Waals surface area contributed by atoms with Gasteiger partial charge in [0, 0.05) is 37.9 Å². The lowest BCUT2D eigenvalue weighted by Crippen LogP contribution is -2.33. The molecule has 6 nitrogen and oxygen atoms in total. The second kappa shape index (κ2) is 8.66. The molecule has 0 radical (unpaired) electrons. The van der Waals surface area contributed by atoms with E-state index in [0.717, 1.165) is 42.9 Å². The van der Waals surface area contributed by atoms with Gasteiger partial charge in [-0.05, 0) is 44.5 Å². The Balaban J connectivity index is 1.41. The van der Waals surface area contributed by atoms with Gasteiger partial charge in [-0.1, -0.05) is 17.7 Å². The fraction of sp³-hybridized carbons (Fsp3) is 0.409. The standard InChI is InChI=1S/C22H24F3N5O/c1-15-4-6-17(7-5-15)21-28-27-20(31-21)16(2)29-10-3-11-30(13-12-29)19-9-8-18(14-26-19)22(23,24)25/h4-9,14,16H,3,10-13H2,1-2H3. The van der Waals surface area contributed by atoms with E-state index in [-0.39, 0.29) is 6.04 Å². The van der Waals surface area contributed by atoms with E-state index in [9.17, 15) is 13.2 Å². The number of halogens is 3. The molecule has 3 aromatic rings. The van der Waals surface area contributed by atoms with E-state index in [0.29, 0.717) is 30.7 Å². The van der Waals surface area contributed by atoms with E-state index in [1.807, 2.05) is 43.0 Å². The average Bonchev–Trinajstić information content (AvgIpc) is 3.11. The van der Waals surface area contributed by atoms with E-state index in [1.165, 1.54) is 6.07 Å². The molecule has 1 unspecified atom stereocenters. The third kappa shape index (κ3) is 4.87. The van der Waals surface area contributed by atoms with Gasteiger partial charge in [-0.25, -0.2) is 4.98 Å². The van der Waals surface area contributed by atoms with Crippen LogP contribution in [0.2, 0.25) is 0 Å². The summed E-state index contributed by atoms with van der Waals surface area (Å²) in [5.41, 5.74) is 1.31. The van der Waals surface area contributed by atoms with Crippen LogP contribution in [0.4, 0.5) is 19.0 Å². The third-order valence-electron chi connectivity index (χ3n) is 5.57. The molecule has 31 heavy (non-hydrogen) atoms. The van der Waals surface area contributed by atoms with Crippen molar-refractivity contribution in [3.8, 4) is 11.5 Å². The van der Waals surface area contributed by atoms with Gasteiger partial charge < -0.3 is 9.32 Å². The Hall–Kier alpha value is -2.94. The van der Waals surface area contributed by atoms with E-state index in [1.54, 1.807) is 0 Å². The molecule has 1 fully saturated rings. The van der Waals surface area contributed by atoms with Crippen LogP contribution < -0.4 is 4.90 Å². The quantitative estimate of drug-likeness (QED) is 0.595. The van der Waals surface area contributed by atoms with Gasteiger partial charge in [0.25, 0.3) is 0 Å². The first-order valence-corrected chi connectivity index (χ1v) is 10.2. The van der Waals surface area contributed by atoms with Crippen LogP contribution in [-0.4, -0.2) is 46.3 Å². The number of aryl methyl sites for hydroxylation is 1. The Labute approximate surface area is 178 Å². The molecule has 4 rings (SSSR count). The number of anilines is 1. The molecule has 1 atom stereocenters. The Morgan fingerprint density at radius 2 is 1.74 bits per heavy atom. The molecule has 0 N–H and O–H groups in total. The minimum atomic E-state index is -4.38. The van der Waals surface area contributed by atoms with Crippen molar-refractivity contribution < 1.29 is 17.6 Å². The summed E-state index contributed by atoms with van der Waals surface area (Å²) >= 11 is 0. The zero-order chi connectivity index (χ0) is 22.0. The van der Waals surface area contributed by atoms with Crippen LogP contribution in [0.25, 0.3) is 11.5 Å². The monoisotopic (exact) mass is 431 g/mol. The molecule has 164 valence electrons. The van der Waals surface area contributed by atoms with Crippen molar-refractivity contribution >= 4 is 5.82 Å². The van der Waals surface area contributed by atoms with Gasteiger partial charge in [0.2, 0.25) is 11.8 Å². The minimum absolute atomic E-state index is 0.0628. The maximum absolute atomic E-state index is 12.8. The zero-order valence-corrected chi connectivity index (χ0v) is 17.4. The van der Waals surface area contributed by atoms with Crippen LogP contribution in [0, 0.1) is 6.92 Å². The molecule has 1 aromatic carbocycles. The van der Waals surface area contributed by atoms with Gasteiger partial charge in [0.15, 0.2) is 0 Å². The number of hydrogen-bond donors (Lipinski definition) is 0. The number of benzene rings is 1. The summed E-state index contributed by atoms with van der Waals surface area (Å²) in [6.45, 7) is 6.96. The molecular weight excluding hydrogens is 407 g/mol. The molecule has 0 saturated carbocycles. The van der Waals surface area contributed by atoms with Gasteiger partial charge in [0.1, 0.15) is 5.82 Å². The Kier molecular flexibility index (Phi) is 5.95. The SMILES string of the molecule is Cc1ccc(-c2nnc(C(C)N3CCCN(c4ccc(C(F)(F)F)cn4)CC3)o2)cc1. The predicted octanol–water partition coefficient (Wildman–Crippen LogP) is 4.73. The molecule has 9 heteroatoms. The van der Waals surface area contributed by atoms with Gasteiger partial charge in [-0.15, -0.1) is 10.2 Å². The van der Waals surface area contributed by atoms with Crippen molar-refractivity contribution in [2.45, 2.75) is 32.5 Å². The lowest BCUT2D eigenvalue weighted by Gasteiger charge is -2.25. The summed E-state index contributed by atoms with van der Waals surface area (Å²) in [6, 6.07) is 10.4. The highest BCUT2D eigenvalue weighted by Gasteiger charge is 2.31. The van der Waals surface area contributed by atoms with Crippen molar-refractivity contribution in [2.24, 2.45) is 0 Å². The number of hydrogen-bond acceptors (Lipinski definition) is 6. The van der Waals surface area contributed by atoms with Crippen LogP contribution >= 0.6 is 0 Å². The van der Waals surface area contributed by atoms with E-state index >= 15 is 0 Å². The maximum Gasteiger partial charge on any atom is 0.417 e. The molecule has 0 bridgehead atoms. The van der Waals surface area contributed by atoms with Crippen molar-refractivity contribution in [3.05, 3.63) is 59.6 Å². The average molecular weight is 431 g/mol. The van der Waals surface area contributed by atoms with Crippen molar-refractivity contribution in [2.75, 3.05) is 31.1 Å². The van der Waals surface area contributed by atoms with Gasteiger partial charge in [-0.2, -0.15) is 13.2 Å². The molecule has 3 heterocycles. The molecule has 1 saturated heterocycles. The Morgan fingerprint density at radius 1 is 0.968 bits per heavy atom. The van der Waals surface area contributed by atoms with E-state index < -0.39 is 11.7 Å². The number of pyridine rings is 1. The summed E-state index contributed by atoms with van der Waals surface area (Å²) in [4.78, 5) is 8.29. The maximum atomic E-state index is 12.8. The topological polar surface area (TPSA) is 58.3 Å². The molecular formula is C22H24F3N5O. The van der Waals surface area contributed by atoms with Crippen LogP contribution in [0.1, 0.15) is 36.4 Å². The summed E-state index contributed by atoms with van der Waals surface area (Å²) in [7, 11) is 0. The first-order valence-electron chi connectivity index (χ1n) is 10.2. The minimum Gasteiger partial charge on any atom is -0.419 e. The second-order valence-electron chi connectivity index (χ2n) is 7.77. The highest BCUT2D eigenvalue weighted by molar-refractivity contribution is 5.52. The summed E-state index contributed by atoms with van der Waals surface area (Å²) in [5.74, 6) is 1.60. The lowest BCUT2D eigenvalue weighted by atomic mass is 10.1. The Bertz CT molecular complexity index is 1000. The molecule has 2 aromatic heterocycles. The van der Waals surface area contributed by atoms with Crippen LogP contribution in [0.15, 0.2) is 47.0 Å². The number of nitrogens with zero attached hydrogens (tertiary/aromatic N) is 5. The summed E-state index contributed by atoms with van der Waals surface area (Å²) < 4.78 is 44.3. The predicted molar refractivity (Wildman–Crippen MR) is 111 cm³/mol. The van der Waals surface area contributed by atoms with Gasteiger partial charge >= 0.3 is 6.18 Å². The largest absolute Gasteiger partial charge is 0.419 e. The van der Waals surface area contributed by atoms with Crippen molar-refractivity contribution in [3.63, 3.8) is 0 Å². The first-order chi connectivity index (χ1) is 14.8. The van der Waals surface area contributed by atoms with Crippen molar-refractivity contribution in [1.29, 1.82) is 0 Å². The van der Waals surface area contributed by atoms with E-state index in [4.69, 9.17) is 4.42 Å². The van der Waals surface area contributed by atoms with Crippen LogP contribution in [0.3, 0.4) is 0 Å². The number of rotatable bonds is 4. The van der Waals surface area contributed by atoms with Crippen molar-refractivity contribution in [1.82, 2.24) is 20.1 Å².